The highest BCUT2D eigenvalue weighted by atomic mass is 35.5. The standard InChI is InChI=1S/C11H17N3O2.ClH/c1-6-9(8(3)15)7(2)14-10(6)11(16)13-5-4-12;/h14H,4-5,12H2,1-3H3,(H,13,16);1H. The zero-order chi connectivity index (χ0) is 12.3. The quantitative estimate of drug-likeness (QED) is 0.704. The van der Waals surface area contributed by atoms with Crippen molar-refractivity contribution < 1.29 is 9.59 Å². The Bertz CT molecular complexity index is 427. The van der Waals surface area contributed by atoms with Gasteiger partial charge in [0.1, 0.15) is 5.69 Å². The van der Waals surface area contributed by atoms with E-state index in [0.29, 0.717) is 29.9 Å². The van der Waals surface area contributed by atoms with Crippen molar-refractivity contribution in [1.82, 2.24) is 10.3 Å². The number of aromatic nitrogens is 1. The fourth-order valence-corrected chi connectivity index (χ4v) is 1.78. The predicted octanol–water partition coefficient (Wildman–Crippen LogP) is 0.944. The lowest BCUT2D eigenvalue weighted by Gasteiger charge is -2.02. The van der Waals surface area contributed by atoms with Gasteiger partial charge in [-0.05, 0) is 26.3 Å². The van der Waals surface area contributed by atoms with E-state index in [2.05, 4.69) is 10.3 Å². The smallest absolute Gasteiger partial charge is 0.268 e. The lowest BCUT2D eigenvalue weighted by Crippen LogP contribution is -2.29. The molecule has 1 aromatic rings. The minimum Gasteiger partial charge on any atom is -0.354 e. The van der Waals surface area contributed by atoms with Crippen molar-refractivity contribution in [2.75, 3.05) is 13.1 Å². The number of H-pyrrole nitrogens is 1. The summed E-state index contributed by atoms with van der Waals surface area (Å²) in [6.07, 6.45) is 0. The van der Waals surface area contributed by atoms with Gasteiger partial charge in [0.05, 0.1) is 0 Å². The number of rotatable bonds is 4. The molecule has 1 aromatic heterocycles. The SMILES string of the molecule is CC(=O)c1c(C)[nH]c(C(=O)NCCN)c1C.Cl. The topological polar surface area (TPSA) is 88.0 Å². The van der Waals surface area contributed by atoms with Gasteiger partial charge in [-0.25, -0.2) is 0 Å². The summed E-state index contributed by atoms with van der Waals surface area (Å²) < 4.78 is 0. The normalized spacial score (nSPS) is 9.65. The van der Waals surface area contributed by atoms with Crippen LogP contribution in [0, 0.1) is 13.8 Å². The van der Waals surface area contributed by atoms with Crippen LogP contribution in [0.1, 0.15) is 39.0 Å². The van der Waals surface area contributed by atoms with Crippen LogP contribution >= 0.6 is 12.4 Å². The summed E-state index contributed by atoms with van der Waals surface area (Å²) in [7, 11) is 0. The molecule has 0 spiro atoms. The molecule has 0 fully saturated rings. The molecule has 0 bridgehead atoms. The van der Waals surface area contributed by atoms with Gasteiger partial charge in [0.25, 0.3) is 5.91 Å². The number of ketones is 1. The number of amides is 1. The van der Waals surface area contributed by atoms with Crippen LogP contribution in [0.4, 0.5) is 0 Å². The Balaban J connectivity index is 0.00000256. The molecule has 0 aliphatic rings. The monoisotopic (exact) mass is 259 g/mol. The third-order valence-corrected chi connectivity index (χ3v) is 2.45. The van der Waals surface area contributed by atoms with Gasteiger partial charge in [0.15, 0.2) is 5.78 Å². The first-order valence-electron chi connectivity index (χ1n) is 5.17. The Labute approximate surface area is 107 Å². The van der Waals surface area contributed by atoms with Crippen molar-refractivity contribution >= 4 is 24.1 Å². The Morgan fingerprint density at radius 1 is 1.35 bits per heavy atom. The lowest BCUT2D eigenvalue weighted by atomic mass is 10.1. The van der Waals surface area contributed by atoms with Crippen molar-refractivity contribution in [3.05, 3.63) is 22.5 Å². The largest absolute Gasteiger partial charge is 0.354 e. The fraction of sp³-hybridized carbons (Fsp3) is 0.455. The second-order valence-corrected chi connectivity index (χ2v) is 3.73. The molecule has 0 unspecified atom stereocenters. The number of carbonyl (C=O) groups excluding carboxylic acids is 2. The molecule has 4 N–H and O–H groups in total. The van der Waals surface area contributed by atoms with E-state index >= 15 is 0 Å². The number of nitrogens with one attached hydrogen (secondary N) is 2. The maximum atomic E-state index is 11.7. The summed E-state index contributed by atoms with van der Waals surface area (Å²) in [5.74, 6) is -0.261. The van der Waals surface area contributed by atoms with E-state index in [-0.39, 0.29) is 24.1 Å². The number of halogens is 1. The fourth-order valence-electron chi connectivity index (χ4n) is 1.78. The number of hydrogen-bond donors (Lipinski definition) is 3. The number of hydrogen-bond acceptors (Lipinski definition) is 3. The third kappa shape index (κ3) is 3.31. The number of Topliss-reactive ketones (excluding diaryl/α,β-unsaturated/α-hetero) is 1. The van der Waals surface area contributed by atoms with Crippen molar-refractivity contribution in [2.45, 2.75) is 20.8 Å². The van der Waals surface area contributed by atoms with Gasteiger partial charge in [-0.15, -0.1) is 12.4 Å². The molecule has 0 aliphatic carbocycles. The van der Waals surface area contributed by atoms with Gasteiger partial charge < -0.3 is 16.0 Å². The average molecular weight is 260 g/mol. The third-order valence-electron chi connectivity index (χ3n) is 2.45. The van der Waals surface area contributed by atoms with E-state index in [4.69, 9.17) is 5.73 Å². The molecule has 0 aromatic carbocycles. The minimum absolute atomic E-state index is 0. The summed E-state index contributed by atoms with van der Waals surface area (Å²) in [5, 5.41) is 2.66. The molecule has 5 nitrogen and oxygen atoms in total. The summed E-state index contributed by atoms with van der Waals surface area (Å²) >= 11 is 0. The molecule has 0 saturated carbocycles. The lowest BCUT2D eigenvalue weighted by molar-refractivity contribution is 0.0949. The highest BCUT2D eigenvalue weighted by Gasteiger charge is 2.18. The van der Waals surface area contributed by atoms with E-state index < -0.39 is 0 Å². The maximum absolute atomic E-state index is 11.7. The number of aryl methyl sites for hydroxylation is 1. The number of aromatic amines is 1. The molecule has 0 atom stereocenters. The van der Waals surface area contributed by atoms with Gasteiger partial charge >= 0.3 is 0 Å². The van der Waals surface area contributed by atoms with Gasteiger partial charge in [0, 0.05) is 24.3 Å². The van der Waals surface area contributed by atoms with Crippen LogP contribution in [-0.4, -0.2) is 29.8 Å². The predicted molar refractivity (Wildman–Crippen MR) is 68.9 cm³/mol. The molecular formula is C11H18ClN3O2. The van der Waals surface area contributed by atoms with Crippen LogP contribution in [0.2, 0.25) is 0 Å². The van der Waals surface area contributed by atoms with E-state index in [0.717, 1.165) is 5.69 Å². The van der Waals surface area contributed by atoms with Crippen LogP contribution in [0.5, 0.6) is 0 Å². The summed E-state index contributed by atoms with van der Waals surface area (Å²) in [6, 6.07) is 0. The van der Waals surface area contributed by atoms with Gasteiger partial charge in [0.2, 0.25) is 0 Å². The second kappa shape index (κ2) is 6.42. The Kier molecular flexibility index (Phi) is 5.91. The van der Waals surface area contributed by atoms with E-state index in [1.807, 2.05) is 0 Å². The van der Waals surface area contributed by atoms with Crippen LogP contribution in [0.3, 0.4) is 0 Å². The summed E-state index contributed by atoms with van der Waals surface area (Å²) in [4.78, 5) is 26.0. The zero-order valence-electron chi connectivity index (χ0n) is 10.2. The second-order valence-electron chi connectivity index (χ2n) is 3.73. The highest BCUT2D eigenvalue weighted by Crippen LogP contribution is 2.18. The van der Waals surface area contributed by atoms with Crippen LogP contribution in [0.15, 0.2) is 0 Å². The molecule has 1 amide bonds. The van der Waals surface area contributed by atoms with Crippen LogP contribution in [-0.2, 0) is 0 Å². The van der Waals surface area contributed by atoms with Crippen molar-refractivity contribution in [3.8, 4) is 0 Å². The molecule has 6 heteroatoms. The maximum Gasteiger partial charge on any atom is 0.268 e. The van der Waals surface area contributed by atoms with Crippen molar-refractivity contribution in [1.29, 1.82) is 0 Å². The van der Waals surface area contributed by atoms with E-state index in [1.165, 1.54) is 6.92 Å². The zero-order valence-corrected chi connectivity index (χ0v) is 11.0. The molecule has 0 aliphatic heterocycles. The number of nitrogens with two attached hydrogens (primary N) is 1. The molecule has 0 saturated heterocycles. The first-order chi connectivity index (χ1) is 7.49. The average Bonchev–Trinajstić information content (AvgIpc) is 2.50. The van der Waals surface area contributed by atoms with Gasteiger partial charge in [-0.2, -0.15) is 0 Å². The van der Waals surface area contributed by atoms with Crippen molar-refractivity contribution in [3.63, 3.8) is 0 Å². The first-order valence-corrected chi connectivity index (χ1v) is 5.17. The van der Waals surface area contributed by atoms with Gasteiger partial charge in [-0.3, -0.25) is 9.59 Å². The molecule has 0 radical (unpaired) electrons. The van der Waals surface area contributed by atoms with Crippen molar-refractivity contribution in [2.24, 2.45) is 5.73 Å². The van der Waals surface area contributed by atoms with E-state index in [1.54, 1.807) is 13.8 Å². The number of carbonyl (C=O) groups is 2. The Hall–Kier alpha value is -1.33. The first kappa shape index (κ1) is 15.7. The minimum atomic E-state index is -0.224. The molecule has 1 rings (SSSR count). The summed E-state index contributed by atoms with van der Waals surface area (Å²) in [5.41, 5.74) is 7.75. The molecule has 17 heavy (non-hydrogen) atoms. The molecule has 96 valence electrons. The highest BCUT2D eigenvalue weighted by molar-refractivity contribution is 6.02. The van der Waals surface area contributed by atoms with Gasteiger partial charge in [-0.1, -0.05) is 0 Å². The Morgan fingerprint density at radius 3 is 2.35 bits per heavy atom. The van der Waals surface area contributed by atoms with E-state index in [9.17, 15) is 9.59 Å². The molecule has 1 heterocycles. The summed E-state index contributed by atoms with van der Waals surface area (Å²) in [6.45, 7) is 5.85. The molecular weight excluding hydrogens is 242 g/mol. The van der Waals surface area contributed by atoms with Crippen LogP contribution < -0.4 is 11.1 Å². The van der Waals surface area contributed by atoms with Crippen LogP contribution in [0.25, 0.3) is 0 Å². The Morgan fingerprint density at radius 2 is 1.94 bits per heavy atom.